The normalized spacial score (nSPS) is 14.1. The van der Waals surface area contributed by atoms with Crippen LogP contribution in [0.15, 0.2) is 24.3 Å². The van der Waals surface area contributed by atoms with Crippen molar-refractivity contribution in [1.29, 1.82) is 0 Å². The molecule has 0 saturated carbocycles. The highest BCUT2D eigenvalue weighted by molar-refractivity contribution is 6.04. The van der Waals surface area contributed by atoms with Crippen molar-refractivity contribution in [3.63, 3.8) is 0 Å². The number of carbonyl (C=O) groups excluding carboxylic acids is 1. The summed E-state index contributed by atoms with van der Waals surface area (Å²) < 4.78 is 0. The first-order chi connectivity index (χ1) is 11.0. The number of nitrogens with zero attached hydrogens (tertiary/aromatic N) is 3. The van der Waals surface area contributed by atoms with Crippen LogP contribution in [0.4, 0.5) is 11.6 Å². The minimum absolute atomic E-state index is 0.131. The Bertz CT molecular complexity index is 695. The molecule has 2 aromatic rings. The Morgan fingerprint density at radius 3 is 2.13 bits per heavy atom. The van der Waals surface area contributed by atoms with E-state index in [-0.39, 0.29) is 5.91 Å². The molecule has 1 saturated heterocycles. The second-order valence-electron chi connectivity index (χ2n) is 6.08. The molecular formula is C18H22N4O. The van der Waals surface area contributed by atoms with Crippen LogP contribution in [0.2, 0.25) is 0 Å². The van der Waals surface area contributed by atoms with Crippen LogP contribution in [0.3, 0.4) is 0 Å². The Kier molecular flexibility index (Phi) is 4.28. The fraction of sp³-hybridized carbons (Fsp3) is 0.389. The third kappa shape index (κ3) is 3.33. The molecule has 1 fully saturated rings. The van der Waals surface area contributed by atoms with Crippen molar-refractivity contribution in [3.05, 3.63) is 46.8 Å². The predicted molar refractivity (Wildman–Crippen MR) is 92.1 cm³/mol. The van der Waals surface area contributed by atoms with Crippen molar-refractivity contribution in [2.75, 3.05) is 23.3 Å². The molecule has 0 aliphatic carbocycles. The Labute approximate surface area is 136 Å². The van der Waals surface area contributed by atoms with Crippen molar-refractivity contribution in [2.24, 2.45) is 0 Å². The fourth-order valence-electron chi connectivity index (χ4n) is 2.83. The average molecular weight is 310 g/mol. The molecule has 0 unspecified atom stereocenters. The van der Waals surface area contributed by atoms with Gasteiger partial charge in [-0.25, -0.2) is 9.97 Å². The Balaban J connectivity index is 1.82. The molecule has 1 amide bonds. The number of nitrogens with one attached hydrogen (secondary N) is 1. The molecule has 120 valence electrons. The van der Waals surface area contributed by atoms with Crippen molar-refractivity contribution in [1.82, 2.24) is 9.97 Å². The summed E-state index contributed by atoms with van der Waals surface area (Å²) in [7, 11) is 0. The number of aromatic nitrogens is 2. The van der Waals surface area contributed by atoms with Gasteiger partial charge in [0.1, 0.15) is 0 Å². The second-order valence-corrected chi connectivity index (χ2v) is 6.08. The smallest absolute Gasteiger partial charge is 0.255 e. The third-order valence-corrected chi connectivity index (χ3v) is 4.20. The Hall–Kier alpha value is -2.43. The molecule has 1 aliphatic rings. The highest BCUT2D eigenvalue weighted by atomic mass is 16.1. The van der Waals surface area contributed by atoms with Gasteiger partial charge in [0, 0.05) is 18.7 Å². The molecule has 1 aromatic carbocycles. The van der Waals surface area contributed by atoms with Gasteiger partial charge in [0.05, 0.1) is 17.1 Å². The van der Waals surface area contributed by atoms with Crippen molar-refractivity contribution in [2.45, 2.75) is 33.6 Å². The molecule has 0 spiro atoms. The predicted octanol–water partition coefficient (Wildman–Crippen LogP) is 3.25. The minimum atomic E-state index is -0.131. The zero-order chi connectivity index (χ0) is 16.4. The molecule has 5 nitrogen and oxygen atoms in total. The number of hydrogen-bond acceptors (Lipinski definition) is 4. The van der Waals surface area contributed by atoms with Gasteiger partial charge in [0.25, 0.3) is 5.91 Å². The highest BCUT2D eigenvalue weighted by Gasteiger charge is 2.18. The first-order valence-electron chi connectivity index (χ1n) is 8.03. The van der Waals surface area contributed by atoms with Gasteiger partial charge in [0.2, 0.25) is 5.95 Å². The van der Waals surface area contributed by atoms with Crippen LogP contribution >= 0.6 is 0 Å². The zero-order valence-electron chi connectivity index (χ0n) is 13.9. The number of benzene rings is 1. The summed E-state index contributed by atoms with van der Waals surface area (Å²) in [6, 6.07) is 7.52. The number of anilines is 2. The largest absolute Gasteiger partial charge is 0.341 e. The molecular weight excluding hydrogens is 288 g/mol. The van der Waals surface area contributed by atoms with Crippen LogP contribution in [-0.2, 0) is 0 Å². The molecule has 0 radical (unpaired) electrons. The maximum Gasteiger partial charge on any atom is 0.255 e. The maximum absolute atomic E-state index is 12.4. The van der Waals surface area contributed by atoms with E-state index in [4.69, 9.17) is 0 Å². The number of amides is 1. The topological polar surface area (TPSA) is 58.1 Å². The number of rotatable bonds is 3. The van der Waals surface area contributed by atoms with Crippen LogP contribution in [0, 0.1) is 20.8 Å². The monoisotopic (exact) mass is 310 g/mol. The van der Waals surface area contributed by atoms with E-state index in [1.165, 1.54) is 12.8 Å². The second kappa shape index (κ2) is 6.36. The van der Waals surface area contributed by atoms with E-state index >= 15 is 0 Å². The quantitative estimate of drug-likeness (QED) is 0.945. The number of aryl methyl sites for hydroxylation is 3. The summed E-state index contributed by atoms with van der Waals surface area (Å²) in [4.78, 5) is 23.7. The lowest BCUT2D eigenvalue weighted by Crippen LogP contribution is -2.22. The van der Waals surface area contributed by atoms with Crippen LogP contribution in [0.1, 0.15) is 40.2 Å². The van der Waals surface area contributed by atoms with Crippen LogP contribution in [-0.4, -0.2) is 29.0 Å². The van der Waals surface area contributed by atoms with Gasteiger partial charge in [-0.1, -0.05) is 17.7 Å². The molecule has 23 heavy (non-hydrogen) atoms. The number of carbonyl (C=O) groups is 1. The van der Waals surface area contributed by atoms with E-state index in [0.29, 0.717) is 11.3 Å². The van der Waals surface area contributed by atoms with E-state index < -0.39 is 0 Å². The van der Waals surface area contributed by atoms with E-state index in [2.05, 4.69) is 20.2 Å². The maximum atomic E-state index is 12.4. The molecule has 1 aliphatic heterocycles. The van der Waals surface area contributed by atoms with Gasteiger partial charge in [0.15, 0.2) is 0 Å². The Morgan fingerprint density at radius 1 is 1.00 bits per heavy atom. The molecule has 0 atom stereocenters. The van der Waals surface area contributed by atoms with Crippen molar-refractivity contribution < 1.29 is 4.79 Å². The lowest BCUT2D eigenvalue weighted by Gasteiger charge is -2.18. The van der Waals surface area contributed by atoms with Gasteiger partial charge in [-0.05, 0) is 45.7 Å². The van der Waals surface area contributed by atoms with Crippen molar-refractivity contribution >= 4 is 17.5 Å². The third-order valence-electron chi connectivity index (χ3n) is 4.20. The van der Waals surface area contributed by atoms with E-state index in [1.807, 2.05) is 45.0 Å². The zero-order valence-corrected chi connectivity index (χ0v) is 13.9. The standard InChI is InChI=1S/C18H22N4O/c1-12-6-8-15(9-7-12)17(23)21-16-13(2)19-18(20-14(16)3)22-10-4-5-11-22/h6-9H,4-5,10-11H2,1-3H3,(H,21,23). The Morgan fingerprint density at radius 2 is 1.57 bits per heavy atom. The molecule has 3 rings (SSSR count). The number of hydrogen-bond donors (Lipinski definition) is 1. The van der Waals surface area contributed by atoms with Crippen LogP contribution < -0.4 is 10.2 Å². The van der Waals surface area contributed by atoms with Gasteiger partial charge in [-0.3, -0.25) is 4.79 Å². The first kappa shape index (κ1) is 15.5. The summed E-state index contributed by atoms with van der Waals surface area (Å²) in [6.45, 7) is 7.85. The lowest BCUT2D eigenvalue weighted by molar-refractivity contribution is 0.102. The summed E-state index contributed by atoms with van der Waals surface area (Å²) in [5.41, 5.74) is 4.09. The summed E-state index contributed by atoms with van der Waals surface area (Å²) in [5.74, 6) is 0.638. The van der Waals surface area contributed by atoms with Gasteiger partial charge in [-0.2, -0.15) is 0 Å². The van der Waals surface area contributed by atoms with Crippen molar-refractivity contribution in [3.8, 4) is 0 Å². The molecule has 5 heteroatoms. The lowest BCUT2D eigenvalue weighted by atomic mass is 10.1. The molecule has 2 heterocycles. The first-order valence-corrected chi connectivity index (χ1v) is 8.03. The van der Waals surface area contributed by atoms with Gasteiger partial charge < -0.3 is 10.2 Å². The van der Waals surface area contributed by atoms with E-state index in [0.717, 1.165) is 36.0 Å². The summed E-state index contributed by atoms with van der Waals surface area (Å²) in [5, 5.41) is 2.95. The van der Waals surface area contributed by atoms with E-state index in [1.54, 1.807) is 0 Å². The summed E-state index contributed by atoms with van der Waals surface area (Å²) >= 11 is 0. The molecule has 1 N–H and O–H groups in total. The van der Waals surface area contributed by atoms with Crippen LogP contribution in [0.5, 0.6) is 0 Å². The SMILES string of the molecule is Cc1ccc(C(=O)Nc2c(C)nc(N3CCCC3)nc2C)cc1. The highest BCUT2D eigenvalue weighted by Crippen LogP contribution is 2.23. The molecule has 0 bridgehead atoms. The molecule has 1 aromatic heterocycles. The van der Waals surface area contributed by atoms with Gasteiger partial charge in [-0.15, -0.1) is 0 Å². The van der Waals surface area contributed by atoms with E-state index in [9.17, 15) is 4.79 Å². The summed E-state index contributed by atoms with van der Waals surface area (Å²) in [6.07, 6.45) is 2.38. The minimum Gasteiger partial charge on any atom is -0.341 e. The van der Waals surface area contributed by atoms with Crippen LogP contribution in [0.25, 0.3) is 0 Å². The fourth-order valence-corrected chi connectivity index (χ4v) is 2.83. The van der Waals surface area contributed by atoms with Gasteiger partial charge >= 0.3 is 0 Å². The average Bonchev–Trinajstić information content (AvgIpc) is 3.05.